The molecule has 2 heterocycles. The molecule has 0 aliphatic carbocycles. The third-order valence-corrected chi connectivity index (χ3v) is 5.40. The lowest BCUT2D eigenvalue weighted by atomic mass is 10.2. The zero-order valence-corrected chi connectivity index (χ0v) is 15.2. The van der Waals surface area contributed by atoms with Crippen LogP contribution >= 0.6 is 11.8 Å². The first-order chi connectivity index (χ1) is 12.2. The fourth-order valence-electron chi connectivity index (χ4n) is 2.92. The van der Waals surface area contributed by atoms with Crippen LogP contribution in [0.5, 0.6) is 5.75 Å². The van der Waals surface area contributed by atoms with Gasteiger partial charge in [0.25, 0.3) is 0 Å². The van der Waals surface area contributed by atoms with Gasteiger partial charge in [-0.15, -0.1) is 10.2 Å². The Labute approximate surface area is 151 Å². The summed E-state index contributed by atoms with van der Waals surface area (Å²) in [5.74, 6) is 2.68. The second kappa shape index (κ2) is 6.80. The van der Waals surface area contributed by atoms with Crippen LogP contribution in [-0.2, 0) is 12.3 Å². The topological polar surface area (TPSA) is 43.2 Å². The summed E-state index contributed by atoms with van der Waals surface area (Å²) in [7, 11) is 1.68. The van der Waals surface area contributed by atoms with Gasteiger partial charge in [-0.05, 0) is 36.8 Å². The Morgan fingerprint density at radius 2 is 1.76 bits per heavy atom. The van der Waals surface area contributed by atoms with E-state index in [1.165, 1.54) is 11.1 Å². The number of hydrogen-bond acceptors (Lipinski definition) is 5. The third kappa shape index (κ3) is 3.22. The summed E-state index contributed by atoms with van der Waals surface area (Å²) in [5, 5.41) is 9.78. The van der Waals surface area contributed by atoms with Gasteiger partial charge < -0.3 is 9.64 Å². The first-order valence-electron chi connectivity index (χ1n) is 8.28. The van der Waals surface area contributed by atoms with E-state index in [2.05, 4.69) is 63.0 Å². The molecule has 0 unspecified atom stereocenters. The summed E-state index contributed by atoms with van der Waals surface area (Å²) in [6.45, 7) is 3.93. The predicted molar refractivity (Wildman–Crippen MR) is 101 cm³/mol. The lowest BCUT2D eigenvalue weighted by molar-refractivity contribution is 0.415. The van der Waals surface area contributed by atoms with Crippen LogP contribution in [0.1, 0.15) is 11.1 Å². The highest BCUT2D eigenvalue weighted by atomic mass is 32.2. The van der Waals surface area contributed by atoms with Gasteiger partial charge in [-0.1, -0.05) is 41.6 Å². The van der Waals surface area contributed by atoms with Gasteiger partial charge in [-0.3, -0.25) is 4.57 Å². The molecule has 2 aromatic carbocycles. The van der Waals surface area contributed by atoms with Crippen molar-refractivity contribution < 1.29 is 4.74 Å². The Hall–Kier alpha value is -2.47. The molecule has 0 saturated heterocycles. The number of ether oxygens (including phenoxy) is 1. The normalized spacial score (nSPS) is 13.1. The maximum absolute atomic E-state index is 5.23. The SMILES string of the molecule is COc1ccc(N2CCn3c(SCc4ccc(C)cc4)nnc32)cc1. The van der Waals surface area contributed by atoms with E-state index in [9.17, 15) is 0 Å². The molecular weight excluding hydrogens is 332 g/mol. The second-order valence-corrected chi connectivity index (χ2v) is 7.00. The Morgan fingerprint density at radius 1 is 1.00 bits per heavy atom. The zero-order valence-electron chi connectivity index (χ0n) is 14.3. The lowest BCUT2D eigenvalue weighted by Gasteiger charge is -2.15. The van der Waals surface area contributed by atoms with Crippen molar-refractivity contribution in [1.29, 1.82) is 0 Å². The van der Waals surface area contributed by atoms with Gasteiger partial charge in [0, 0.05) is 24.5 Å². The minimum atomic E-state index is 0.860. The van der Waals surface area contributed by atoms with Crippen LogP contribution in [0.15, 0.2) is 53.7 Å². The molecule has 1 aliphatic rings. The maximum atomic E-state index is 5.23. The third-order valence-electron chi connectivity index (χ3n) is 4.36. The van der Waals surface area contributed by atoms with Crippen molar-refractivity contribution in [2.45, 2.75) is 24.4 Å². The van der Waals surface area contributed by atoms with Gasteiger partial charge in [0.05, 0.1) is 7.11 Å². The number of thioether (sulfide) groups is 1. The monoisotopic (exact) mass is 352 g/mol. The average Bonchev–Trinajstić information content (AvgIpc) is 3.24. The van der Waals surface area contributed by atoms with Crippen molar-refractivity contribution in [3.8, 4) is 5.75 Å². The van der Waals surface area contributed by atoms with E-state index in [0.717, 1.165) is 41.4 Å². The molecule has 0 atom stereocenters. The fourth-order valence-corrected chi connectivity index (χ4v) is 3.84. The summed E-state index contributed by atoms with van der Waals surface area (Å²) < 4.78 is 7.43. The smallest absolute Gasteiger partial charge is 0.232 e. The maximum Gasteiger partial charge on any atom is 0.232 e. The van der Waals surface area contributed by atoms with Crippen LogP contribution in [0, 0.1) is 6.92 Å². The molecule has 1 aliphatic heterocycles. The number of aryl methyl sites for hydroxylation is 1. The number of anilines is 2. The molecule has 3 aromatic rings. The second-order valence-electron chi connectivity index (χ2n) is 6.06. The van der Waals surface area contributed by atoms with Crippen LogP contribution < -0.4 is 9.64 Å². The van der Waals surface area contributed by atoms with E-state index in [-0.39, 0.29) is 0 Å². The number of fused-ring (bicyclic) bond motifs is 1. The van der Waals surface area contributed by atoms with Gasteiger partial charge in [-0.2, -0.15) is 0 Å². The summed E-state index contributed by atoms with van der Waals surface area (Å²) in [4.78, 5) is 2.20. The number of aromatic nitrogens is 3. The van der Waals surface area contributed by atoms with Crippen molar-refractivity contribution >= 4 is 23.4 Å². The van der Waals surface area contributed by atoms with E-state index in [0.29, 0.717) is 0 Å². The molecule has 5 nitrogen and oxygen atoms in total. The Kier molecular flexibility index (Phi) is 4.36. The quantitative estimate of drug-likeness (QED) is 0.649. The molecule has 0 saturated carbocycles. The number of methoxy groups -OCH3 is 1. The molecule has 4 rings (SSSR count). The molecule has 128 valence electrons. The van der Waals surface area contributed by atoms with Crippen LogP contribution in [0.2, 0.25) is 0 Å². The van der Waals surface area contributed by atoms with E-state index in [1.807, 2.05) is 12.1 Å². The largest absolute Gasteiger partial charge is 0.497 e. The van der Waals surface area contributed by atoms with Crippen LogP contribution in [0.3, 0.4) is 0 Å². The molecule has 0 radical (unpaired) electrons. The summed E-state index contributed by atoms with van der Waals surface area (Å²) in [5.41, 5.74) is 3.70. The zero-order chi connectivity index (χ0) is 17.2. The summed E-state index contributed by atoms with van der Waals surface area (Å²) in [6, 6.07) is 16.7. The van der Waals surface area contributed by atoms with Crippen LogP contribution in [-0.4, -0.2) is 28.4 Å². The minimum Gasteiger partial charge on any atom is -0.497 e. The van der Waals surface area contributed by atoms with E-state index in [4.69, 9.17) is 4.74 Å². The molecular formula is C19H20N4OS. The first kappa shape index (κ1) is 16.0. The van der Waals surface area contributed by atoms with Crippen molar-refractivity contribution in [3.05, 3.63) is 59.7 Å². The van der Waals surface area contributed by atoms with Gasteiger partial charge in [0.15, 0.2) is 5.16 Å². The van der Waals surface area contributed by atoms with Crippen molar-refractivity contribution in [1.82, 2.24) is 14.8 Å². The Balaban J connectivity index is 1.49. The molecule has 1 aromatic heterocycles. The van der Waals surface area contributed by atoms with Gasteiger partial charge in [-0.25, -0.2) is 0 Å². The molecule has 25 heavy (non-hydrogen) atoms. The molecule has 0 spiro atoms. The van der Waals surface area contributed by atoms with Crippen molar-refractivity contribution in [3.63, 3.8) is 0 Å². The standard InChI is InChI=1S/C19H20N4OS/c1-14-3-5-15(6-4-14)13-25-19-21-20-18-22(11-12-23(18)19)16-7-9-17(24-2)10-8-16/h3-10H,11-13H2,1-2H3. The highest BCUT2D eigenvalue weighted by Gasteiger charge is 2.26. The average molecular weight is 352 g/mol. The molecule has 0 N–H and O–H groups in total. The van der Waals surface area contributed by atoms with Crippen molar-refractivity contribution in [2.75, 3.05) is 18.6 Å². The van der Waals surface area contributed by atoms with Crippen LogP contribution in [0.4, 0.5) is 11.6 Å². The van der Waals surface area contributed by atoms with E-state index < -0.39 is 0 Å². The van der Waals surface area contributed by atoms with Gasteiger partial charge in [0.1, 0.15) is 5.75 Å². The van der Waals surface area contributed by atoms with Crippen molar-refractivity contribution in [2.24, 2.45) is 0 Å². The number of benzene rings is 2. The number of nitrogens with zero attached hydrogens (tertiary/aromatic N) is 4. The molecule has 0 bridgehead atoms. The number of hydrogen-bond donors (Lipinski definition) is 0. The highest BCUT2D eigenvalue weighted by molar-refractivity contribution is 7.98. The number of rotatable bonds is 5. The molecule has 6 heteroatoms. The lowest BCUT2D eigenvalue weighted by Crippen LogP contribution is -2.14. The first-order valence-corrected chi connectivity index (χ1v) is 9.26. The van der Waals surface area contributed by atoms with E-state index in [1.54, 1.807) is 18.9 Å². The minimum absolute atomic E-state index is 0.860. The summed E-state index contributed by atoms with van der Waals surface area (Å²) >= 11 is 1.74. The highest BCUT2D eigenvalue weighted by Crippen LogP contribution is 2.33. The fraction of sp³-hybridized carbons (Fsp3) is 0.263. The molecule has 0 fully saturated rings. The van der Waals surface area contributed by atoms with Gasteiger partial charge in [0.2, 0.25) is 5.95 Å². The van der Waals surface area contributed by atoms with Gasteiger partial charge >= 0.3 is 0 Å². The van der Waals surface area contributed by atoms with Crippen LogP contribution in [0.25, 0.3) is 0 Å². The van der Waals surface area contributed by atoms with E-state index >= 15 is 0 Å². The summed E-state index contributed by atoms with van der Waals surface area (Å²) in [6.07, 6.45) is 0. The Morgan fingerprint density at radius 3 is 2.48 bits per heavy atom. The predicted octanol–water partition coefficient (Wildman–Crippen LogP) is 4.04. The molecule has 0 amide bonds. The Bertz CT molecular complexity index is 858.